The van der Waals surface area contributed by atoms with E-state index >= 15 is 0 Å². The van der Waals surface area contributed by atoms with Gasteiger partial charge in [0.2, 0.25) is 6.10 Å². The molecule has 2 aliphatic heterocycles. The molecule has 1 saturated heterocycles. The second-order valence-electron chi connectivity index (χ2n) is 7.65. The Morgan fingerprint density at radius 1 is 1.07 bits per heavy atom. The summed E-state index contributed by atoms with van der Waals surface area (Å²) in [4.78, 5) is 13.0. The molecule has 4 rings (SSSR count). The summed E-state index contributed by atoms with van der Waals surface area (Å²) in [6.45, 7) is 3.73. The van der Waals surface area contributed by atoms with Gasteiger partial charge >= 0.3 is 0 Å². The van der Waals surface area contributed by atoms with E-state index in [0.717, 1.165) is 18.6 Å². The molecule has 0 spiro atoms. The zero-order valence-corrected chi connectivity index (χ0v) is 16.9. The highest BCUT2D eigenvalue weighted by atomic mass is 16.6. The smallest absolute Gasteiger partial charge is 0.265 e. The van der Waals surface area contributed by atoms with Crippen LogP contribution in [0.25, 0.3) is 0 Å². The number of ether oxygens (including phenoxy) is 4. The number of amides is 1. The van der Waals surface area contributed by atoms with Crippen molar-refractivity contribution in [1.82, 2.24) is 5.32 Å². The molecule has 2 atom stereocenters. The summed E-state index contributed by atoms with van der Waals surface area (Å²) in [5.74, 6) is 1.93. The number of hydrogen-bond donors (Lipinski definition) is 1. The minimum Gasteiger partial charge on any atom is -0.497 e. The van der Waals surface area contributed by atoms with Gasteiger partial charge < -0.3 is 24.3 Å². The van der Waals surface area contributed by atoms with E-state index in [1.54, 1.807) is 7.11 Å². The summed E-state index contributed by atoms with van der Waals surface area (Å²) in [6.07, 6.45) is 0.647. The van der Waals surface area contributed by atoms with Crippen molar-refractivity contribution in [3.8, 4) is 17.2 Å². The Morgan fingerprint density at radius 3 is 2.38 bits per heavy atom. The van der Waals surface area contributed by atoms with Gasteiger partial charge in [0.25, 0.3) is 5.91 Å². The number of rotatable bonds is 5. The van der Waals surface area contributed by atoms with Gasteiger partial charge in [-0.1, -0.05) is 24.3 Å². The standard InChI is InChI=1S/C23H27NO5/c1-16-21(29-20-6-4-3-5-19(20)28-16)22(25)24-15-23(11-13-27-14-12-23)17-7-9-18(26-2)10-8-17/h3-10,16,21H,11-15H2,1-2H3,(H,24,25)/t16-,21+/m1/s1. The minimum absolute atomic E-state index is 0.161. The molecule has 2 aliphatic rings. The Kier molecular flexibility index (Phi) is 5.62. The van der Waals surface area contributed by atoms with Crippen molar-refractivity contribution in [2.75, 3.05) is 26.9 Å². The van der Waals surface area contributed by atoms with Gasteiger partial charge in [0.15, 0.2) is 11.5 Å². The van der Waals surface area contributed by atoms with Gasteiger partial charge in [0.05, 0.1) is 7.11 Å². The van der Waals surface area contributed by atoms with Crippen LogP contribution in [0, 0.1) is 0 Å². The van der Waals surface area contributed by atoms with Gasteiger partial charge in [-0.05, 0) is 49.6 Å². The lowest BCUT2D eigenvalue weighted by atomic mass is 9.74. The number of carbonyl (C=O) groups excluding carboxylic acids is 1. The zero-order chi connectivity index (χ0) is 20.3. The summed E-state index contributed by atoms with van der Waals surface area (Å²) >= 11 is 0. The Bertz CT molecular complexity index is 845. The lowest BCUT2D eigenvalue weighted by molar-refractivity contribution is -0.133. The first-order valence-electron chi connectivity index (χ1n) is 10.0. The van der Waals surface area contributed by atoms with E-state index in [9.17, 15) is 4.79 Å². The summed E-state index contributed by atoms with van der Waals surface area (Å²) < 4.78 is 22.7. The zero-order valence-electron chi connectivity index (χ0n) is 16.9. The van der Waals surface area contributed by atoms with Gasteiger partial charge in [0.1, 0.15) is 11.9 Å². The van der Waals surface area contributed by atoms with Crippen LogP contribution in [0.1, 0.15) is 25.3 Å². The third-order valence-corrected chi connectivity index (χ3v) is 5.85. The fourth-order valence-electron chi connectivity index (χ4n) is 4.04. The number of nitrogens with one attached hydrogen (secondary N) is 1. The first-order chi connectivity index (χ1) is 14.1. The Hall–Kier alpha value is -2.73. The molecular weight excluding hydrogens is 370 g/mol. The Balaban J connectivity index is 1.48. The van der Waals surface area contributed by atoms with Crippen LogP contribution >= 0.6 is 0 Å². The first kappa shape index (κ1) is 19.6. The van der Waals surface area contributed by atoms with Crippen LogP contribution in [-0.2, 0) is 14.9 Å². The predicted octanol–water partition coefficient (Wildman–Crippen LogP) is 3.09. The van der Waals surface area contributed by atoms with Crippen molar-refractivity contribution in [3.63, 3.8) is 0 Å². The number of para-hydroxylation sites is 2. The molecule has 154 valence electrons. The lowest BCUT2D eigenvalue weighted by Crippen LogP contribution is -2.52. The second-order valence-corrected chi connectivity index (χ2v) is 7.65. The maximum Gasteiger partial charge on any atom is 0.265 e. The molecule has 0 unspecified atom stereocenters. The Labute approximate surface area is 171 Å². The van der Waals surface area contributed by atoms with Crippen LogP contribution in [0.3, 0.4) is 0 Å². The quantitative estimate of drug-likeness (QED) is 0.840. The third-order valence-electron chi connectivity index (χ3n) is 5.85. The average molecular weight is 397 g/mol. The van der Waals surface area contributed by atoms with Crippen molar-refractivity contribution >= 4 is 5.91 Å². The van der Waals surface area contributed by atoms with Crippen molar-refractivity contribution in [1.29, 1.82) is 0 Å². The SMILES string of the molecule is COc1ccc(C2(CNC(=O)[C@H]3Oc4ccccc4O[C@@H]3C)CCOCC2)cc1. The number of benzene rings is 2. The fraction of sp³-hybridized carbons (Fsp3) is 0.435. The minimum atomic E-state index is -0.683. The largest absolute Gasteiger partial charge is 0.497 e. The molecule has 2 aromatic carbocycles. The number of carbonyl (C=O) groups is 1. The summed E-state index contributed by atoms with van der Waals surface area (Å²) in [7, 11) is 1.66. The molecule has 0 aromatic heterocycles. The molecule has 2 aromatic rings. The molecule has 0 saturated carbocycles. The summed E-state index contributed by atoms with van der Waals surface area (Å²) in [5.41, 5.74) is 1.01. The van der Waals surface area contributed by atoms with Crippen LogP contribution in [0.4, 0.5) is 0 Å². The number of hydrogen-bond acceptors (Lipinski definition) is 5. The van der Waals surface area contributed by atoms with E-state index < -0.39 is 6.10 Å². The maximum absolute atomic E-state index is 13.0. The number of fused-ring (bicyclic) bond motifs is 1. The molecule has 6 nitrogen and oxygen atoms in total. The molecule has 6 heteroatoms. The molecule has 0 aliphatic carbocycles. The van der Waals surface area contributed by atoms with Crippen LogP contribution in [0.15, 0.2) is 48.5 Å². The second kappa shape index (κ2) is 8.33. The van der Waals surface area contributed by atoms with E-state index in [4.69, 9.17) is 18.9 Å². The molecule has 1 N–H and O–H groups in total. The monoisotopic (exact) mass is 397 g/mol. The predicted molar refractivity (Wildman–Crippen MR) is 109 cm³/mol. The summed E-state index contributed by atoms with van der Waals surface area (Å²) in [6, 6.07) is 15.5. The van der Waals surface area contributed by atoms with Crippen molar-refractivity contribution in [3.05, 3.63) is 54.1 Å². The third kappa shape index (κ3) is 4.03. The van der Waals surface area contributed by atoms with Gasteiger partial charge in [-0.3, -0.25) is 4.79 Å². The molecule has 1 amide bonds. The maximum atomic E-state index is 13.0. The van der Waals surface area contributed by atoms with Crippen LogP contribution in [0.5, 0.6) is 17.2 Å². The average Bonchev–Trinajstić information content (AvgIpc) is 2.77. The highest BCUT2D eigenvalue weighted by Gasteiger charge is 2.38. The van der Waals surface area contributed by atoms with Crippen molar-refractivity contribution < 1.29 is 23.7 Å². The number of methoxy groups -OCH3 is 1. The van der Waals surface area contributed by atoms with Gasteiger partial charge in [0, 0.05) is 25.2 Å². The first-order valence-corrected chi connectivity index (χ1v) is 10.0. The van der Waals surface area contributed by atoms with E-state index in [-0.39, 0.29) is 17.4 Å². The van der Waals surface area contributed by atoms with E-state index in [1.807, 2.05) is 43.3 Å². The highest BCUT2D eigenvalue weighted by Crippen LogP contribution is 2.36. The molecule has 0 radical (unpaired) electrons. The van der Waals surface area contributed by atoms with E-state index in [0.29, 0.717) is 31.3 Å². The van der Waals surface area contributed by atoms with Gasteiger partial charge in [-0.2, -0.15) is 0 Å². The van der Waals surface area contributed by atoms with Crippen molar-refractivity contribution in [2.24, 2.45) is 0 Å². The van der Waals surface area contributed by atoms with Crippen LogP contribution in [-0.4, -0.2) is 45.0 Å². The topological polar surface area (TPSA) is 66.0 Å². The molecule has 29 heavy (non-hydrogen) atoms. The molecule has 2 heterocycles. The Morgan fingerprint density at radius 2 is 1.72 bits per heavy atom. The highest BCUT2D eigenvalue weighted by molar-refractivity contribution is 5.82. The molecule has 0 bridgehead atoms. The normalized spacial score (nSPS) is 22.6. The van der Waals surface area contributed by atoms with Gasteiger partial charge in [-0.15, -0.1) is 0 Å². The summed E-state index contributed by atoms with van der Waals surface area (Å²) in [5, 5.41) is 3.12. The molecular formula is C23H27NO5. The lowest BCUT2D eigenvalue weighted by Gasteiger charge is -2.39. The van der Waals surface area contributed by atoms with Crippen LogP contribution in [0.2, 0.25) is 0 Å². The van der Waals surface area contributed by atoms with Crippen molar-refractivity contribution in [2.45, 2.75) is 37.4 Å². The van der Waals surface area contributed by atoms with Crippen LogP contribution < -0.4 is 19.5 Å². The van der Waals surface area contributed by atoms with E-state index in [1.165, 1.54) is 5.56 Å². The fourth-order valence-corrected chi connectivity index (χ4v) is 4.04. The molecule has 1 fully saturated rings. The van der Waals surface area contributed by atoms with E-state index in [2.05, 4.69) is 17.4 Å². The van der Waals surface area contributed by atoms with Gasteiger partial charge in [-0.25, -0.2) is 0 Å².